The van der Waals surface area contributed by atoms with Crippen LogP contribution in [0.15, 0.2) is 58.8 Å². The number of imidazole rings is 1. The van der Waals surface area contributed by atoms with Crippen LogP contribution in [0.5, 0.6) is 5.75 Å². The molecular weight excluding hydrogens is 348 g/mol. The number of nitrogens with one attached hydrogen (secondary N) is 1. The highest BCUT2D eigenvalue weighted by atomic mass is 32.2. The summed E-state index contributed by atoms with van der Waals surface area (Å²) in [6, 6.07) is 15.4. The van der Waals surface area contributed by atoms with Crippen molar-refractivity contribution in [3.8, 4) is 5.75 Å². The highest BCUT2D eigenvalue weighted by molar-refractivity contribution is 7.99. The Hall–Kier alpha value is -2.80. The standard InChI is InChI=1S/C19H20N4O2S/c1-3-23-16-10-6-5-9-15(16)21-19(23)26-13-18(24)22-20-12-14-8-4-7-11-17(14)25-2/h4-12H,3,13H2,1-2H3,(H,22,24)/b20-12+. The van der Waals surface area contributed by atoms with Gasteiger partial charge in [0.15, 0.2) is 5.16 Å². The van der Waals surface area contributed by atoms with E-state index < -0.39 is 0 Å². The number of hydrazone groups is 1. The number of benzene rings is 2. The van der Waals surface area contributed by atoms with Crippen molar-refractivity contribution >= 4 is 34.9 Å². The van der Waals surface area contributed by atoms with Gasteiger partial charge in [0.2, 0.25) is 0 Å². The number of para-hydroxylation sites is 3. The molecule has 0 fully saturated rings. The van der Waals surface area contributed by atoms with Crippen molar-refractivity contribution in [1.82, 2.24) is 15.0 Å². The first-order chi connectivity index (χ1) is 12.7. The number of carbonyl (C=O) groups excluding carboxylic acids is 1. The molecule has 0 aliphatic heterocycles. The van der Waals surface area contributed by atoms with Crippen LogP contribution in [0.1, 0.15) is 12.5 Å². The zero-order valence-electron chi connectivity index (χ0n) is 14.7. The lowest BCUT2D eigenvalue weighted by Gasteiger charge is -2.05. The SMILES string of the molecule is CCn1c(SCC(=O)N/N=C/c2ccccc2OC)nc2ccccc21. The van der Waals surface area contributed by atoms with Gasteiger partial charge in [0.05, 0.1) is 30.1 Å². The maximum absolute atomic E-state index is 12.1. The molecule has 0 radical (unpaired) electrons. The van der Waals surface area contributed by atoms with Crippen LogP contribution in [-0.4, -0.2) is 34.5 Å². The Bertz CT molecular complexity index is 936. The van der Waals surface area contributed by atoms with Gasteiger partial charge < -0.3 is 9.30 Å². The Balaban J connectivity index is 1.60. The fraction of sp³-hybridized carbons (Fsp3) is 0.211. The molecule has 0 saturated heterocycles. The number of aryl methyl sites for hydroxylation is 1. The van der Waals surface area contributed by atoms with E-state index in [-0.39, 0.29) is 11.7 Å². The smallest absolute Gasteiger partial charge is 0.250 e. The van der Waals surface area contributed by atoms with E-state index in [1.807, 2.05) is 48.5 Å². The lowest BCUT2D eigenvalue weighted by Crippen LogP contribution is -2.20. The summed E-state index contributed by atoms with van der Waals surface area (Å²) in [4.78, 5) is 16.7. The van der Waals surface area contributed by atoms with Crippen molar-refractivity contribution in [3.63, 3.8) is 0 Å². The average Bonchev–Trinajstić information content (AvgIpc) is 3.04. The van der Waals surface area contributed by atoms with Gasteiger partial charge in [-0.05, 0) is 31.2 Å². The van der Waals surface area contributed by atoms with Crippen molar-refractivity contribution in [2.24, 2.45) is 5.10 Å². The molecule has 0 spiro atoms. The van der Waals surface area contributed by atoms with Crippen LogP contribution in [0.3, 0.4) is 0 Å². The second-order valence-corrected chi connectivity index (χ2v) is 6.39. The van der Waals surface area contributed by atoms with E-state index in [1.165, 1.54) is 11.8 Å². The molecule has 6 nitrogen and oxygen atoms in total. The van der Waals surface area contributed by atoms with Gasteiger partial charge in [0.25, 0.3) is 5.91 Å². The summed E-state index contributed by atoms with van der Waals surface area (Å²) in [7, 11) is 1.60. The summed E-state index contributed by atoms with van der Waals surface area (Å²) >= 11 is 1.40. The number of carbonyl (C=O) groups is 1. The number of rotatable bonds is 7. The molecule has 1 aromatic heterocycles. The summed E-state index contributed by atoms with van der Waals surface area (Å²) in [6.45, 7) is 2.87. The zero-order chi connectivity index (χ0) is 18.4. The van der Waals surface area contributed by atoms with E-state index in [0.717, 1.165) is 28.3 Å². The Morgan fingerprint density at radius 2 is 2.04 bits per heavy atom. The van der Waals surface area contributed by atoms with Crippen LogP contribution >= 0.6 is 11.8 Å². The van der Waals surface area contributed by atoms with Gasteiger partial charge in [0.1, 0.15) is 5.75 Å². The van der Waals surface area contributed by atoms with Crippen LogP contribution in [0.2, 0.25) is 0 Å². The van der Waals surface area contributed by atoms with Crippen LogP contribution in [0.25, 0.3) is 11.0 Å². The van der Waals surface area contributed by atoms with Crippen molar-refractivity contribution in [1.29, 1.82) is 0 Å². The minimum Gasteiger partial charge on any atom is -0.496 e. The minimum absolute atomic E-state index is 0.184. The summed E-state index contributed by atoms with van der Waals surface area (Å²) in [5.74, 6) is 0.763. The highest BCUT2D eigenvalue weighted by Crippen LogP contribution is 2.23. The maximum Gasteiger partial charge on any atom is 0.250 e. The molecule has 1 N–H and O–H groups in total. The molecular formula is C19H20N4O2S. The van der Waals surface area contributed by atoms with Crippen molar-refractivity contribution in [2.75, 3.05) is 12.9 Å². The van der Waals surface area contributed by atoms with Crippen molar-refractivity contribution < 1.29 is 9.53 Å². The van der Waals surface area contributed by atoms with Gasteiger partial charge in [-0.1, -0.05) is 36.0 Å². The number of amides is 1. The summed E-state index contributed by atoms with van der Waals surface area (Å²) in [5.41, 5.74) is 5.36. The molecule has 3 rings (SSSR count). The van der Waals surface area contributed by atoms with Crippen LogP contribution in [-0.2, 0) is 11.3 Å². The first-order valence-electron chi connectivity index (χ1n) is 8.26. The number of fused-ring (bicyclic) bond motifs is 1. The molecule has 7 heteroatoms. The fourth-order valence-corrected chi connectivity index (χ4v) is 3.45. The topological polar surface area (TPSA) is 68.5 Å². The number of ether oxygens (including phenoxy) is 1. The maximum atomic E-state index is 12.1. The molecule has 0 aliphatic carbocycles. The summed E-state index contributed by atoms with van der Waals surface area (Å²) < 4.78 is 7.35. The number of methoxy groups -OCH3 is 1. The molecule has 0 bridgehead atoms. The van der Waals surface area contributed by atoms with Crippen molar-refractivity contribution in [2.45, 2.75) is 18.6 Å². The second kappa shape index (κ2) is 8.53. The molecule has 0 unspecified atom stereocenters. The lowest BCUT2D eigenvalue weighted by molar-refractivity contribution is -0.118. The molecule has 1 amide bonds. The summed E-state index contributed by atoms with van der Waals surface area (Å²) in [6.07, 6.45) is 1.57. The molecule has 134 valence electrons. The number of aromatic nitrogens is 2. The van der Waals surface area contributed by atoms with Gasteiger partial charge in [-0.25, -0.2) is 10.4 Å². The van der Waals surface area contributed by atoms with E-state index >= 15 is 0 Å². The van der Waals surface area contributed by atoms with E-state index in [0.29, 0.717) is 5.75 Å². The Kier molecular flexibility index (Phi) is 5.91. The Morgan fingerprint density at radius 1 is 1.27 bits per heavy atom. The van der Waals surface area contributed by atoms with Gasteiger partial charge in [-0.3, -0.25) is 4.79 Å². The Morgan fingerprint density at radius 3 is 2.85 bits per heavy atom. The van der Waals surface area contributed by atoms with Crippen LogP contribution in [0, 0.1) is 0 Å². The van der Waals surface area contributed by atoms with E-state index in [1.54, 1.807) is 13.3 Å². The fourth-order valence-electron chi connectivity index (χ4n) is 2.58. The quantitative estimate of drug-likeness (QED) is 0.395. The second-order valence-electron chi connectivity index (χ2n) is 5.45. The monoisotopic (exact) mass is 368 g/mol. The normalized spacial score (nSPS) is 11.2. The van der Waals surface area contributed by atoms with Gasteiger partial charge >= 0.3 is 0 Å². The number of thioether (sulfide) groups is 1. The molecule has 2 aromatic carbocycles. The lowest BCUT2D eigenvalue weighted by atomic mass is 10.2. The molecule has 0 aliphatic rings. The highest BCUT2D eigenvalue weighted by Gasteiger charge is 2.11. The minimum atomic E-state index is -0.184. The number of hydrogen-bond donors (Lipinski definition) is 1. The first kappa shape index (κ1) is 18.0. The molecule has 26 heavy (non-hydrogen) atoms. The third-order valence-electron chi connectivity index (χ3n) is 3.80. The third-order valence-corrected chi connectivity index (χ3v) is 4.78. The van der Waals surface area contributed by atoms with Crippen LogP contribution in [0.4, 0.5) is 0 Å². The van der Waals surface area contributed by atoms with Gasteiger partial charge in [0, 0.05) is 12.1 Å². The van der Waals surface area contributed by atoms with Crippen molar-refractivity contribution in [3.05, 3.63) is 54.1 Å². The first-order valence-corrected chi connectivity index (χ1v) is 9.24. The largest absolute Gasteiger partial charge is 0.496 e. The number of nitrogens with zero attached hydrogens (tertiary/aromatic N) is 3. The molecule has 3 aromatic rings. The average molecular weight is 368 g/mol. The number of hydrogen-bond acceptors (Lipinski definition) is 5. The predicted octanol–water partition coefficient (Wildman–Crippen LogP) is 3.31. The van der Waals surface area contributed by atoms with Gasteiger partial charge in [-0.15, -0.1) is 0 Å². The molecule has 0 atom stereocenters. The van der Waals surface area contributed by atoms with E-state index in [4.69, 9.17) is 4.74 Å². The zero-order valence-corrected chi connectivity index (χ0v) is 15.5. The third kappa shape index (κ3) is 4.05. The molecule has 0 saturated carbocycles. The van der Waals surface area contributed by atoms with Crippen LogP contribution < -0.4 is 10.2 Å². The summed E-state index contributed by atoms with van der Waals surface area (Å²) in [5, 5.41) is 4.83. The predicted molar refractivity (Wildman–Crippen MR) is 105 cm³/mol. The van der Waals surface area contributed by atoms with E-state index in [2.05, 4.69) is 27.0 Å². The molecule has 1 heterocycles. The van der Waals surface area contributed by atoms with Gasteiger partial charge in [-0.2, -0.15) is 5.10 Å². The van der Waals surface area contributed by atoms with E-state index in [9.17, 15) is 4.79 Å². The Labute approximate surface area is 156 Å².